The fraction of sp³-hybridized carbons (Fsp3) is 0.150. The first kappa shape index (κ1) is 19.2. The lowest BCUT2D eigenvalue weighted by Crippen LogP contribution is -2.30. The maximum atomic E-state index is 13.6. The Bertz CT molecular complexity index is 1070. The molecule has 1 unspecified atom stereocenters. The van der Waals surface area contributed by atoms with Crippen LogP contribution >= 0.6 is 0 Å². The molecule has 0 saturated heterocycles. The van der Waals surface area contributed by atoms with Gasteiger partial charge in [0.05, 0.1) is 5.69 Å². The number of aryl methyl sites for hydroxylation is 1. The Morgan fingerprint density at radius 2 is 1.82 bits per heavy atom. The minimum absolute atomic E-state index is 0.208. The second-order valence-electron chi connectivity index (χ2n) is 6.08. The second kappa shape index (κ2) is 7.99. The van der Waals surface area contributed by atoms with Crippen LogP contribution in [0.2, 0.25) is 0 Å². The predicted molar refractivity (Wildman–Crippen MR) is 100.0 cm³/mol. The Morgan fingerprint density at radius 1 is 1.11 bits per heavy atom. The van der Waals surface area contributed by atoms with Crippen molar-refractivity contribution < 1.29 is 18.3 Å². The number of aromatic nitrogens is 2. The molecule has 1 amide bonds. The summed E-state index contributed by atoms with van der Waals surface area (Å²) in [6, 6.07) is 12.7. The normalized spacial score (nSPS) is 11.7. The van der Waals surface area contributed by atoms with Crippen molar-refractivity contribution in [3.8, 4) is 17.0 Å². The van der Waals surface area contributed by atoms with Crippen LogP contribution in [0.15, 0.2) is 59.4 Å². The first-order valence-electron chi connectivity index (χ1n) is 8.41. The average Bonchev–Trinajstić information content (AvgIpc) is 2.66. The summed E-state index contributed by atoms with van der Waals surface area (Å²) >= 11 is 0. The number of amides is 1. The number of halogens is 2. The fourth-order valence-electron chi connectivity index (χ4n) is 2.44. The molecule has 0 spiro atoms. The van der Waals surface area contributed by atoms with Crippen molar-refractivity contribution in [3.63, 3.8) is 0 Å². The standard InChI is InChI=1S/C20H17F2N3O3/c1-12(28-18-9-5-14(21)11-16(18)22)20(27)23-15-6-3-13(4-7-15)17-8-10-19(26)25(2)24-17/h3-12H,1-2H3,(H,23,27). The number of nitrogens with zero attached hydrogens (tertiary/aromatic N) is 2. The molecule has 2 aromatic carbocycles. The predicted octanol–water partition coefficient (Wildman–Crippen LogP) is 3.13. The zero-order valence-corrected chi connectivity index (χ0v) is 15.1. The monoisotopic (exact) mass is 385 g/mol. The number of anilines is 1. The number of hydrogen-bond acceptors (Lipinski definition) is 4. The fourth-order valence-corrected chi connectivity index (χ4v) is 2.44. The Hall–Kier alpha value is -3.55. The summed E-state index contributed by atoms with van der Waals surface area (Å²) in [5.41, 5.74) is 1.68. The van der Waals surface area contributed by atoms with E-state index in [2.05, 4.69) is 10.4 Å². The summed E-state index contributed by atoms with van der Waals surface area (Å²) in [7, 11) is 1.56. The molecule has 1 heterocycles. The Kier molecular flexibility index (Phi) is 5.49. The van der Waals surface area contributed by atoms with Crippen molar-refractivity contribution >= 4 is 11.6 Å². The SMILES string of the molecule is CC(Oc1ccc(F)cc1F)C(=O)Nc1ccc(-c2ccc(=O)n(C)n2)cc1. The van der Waals surface area contributed by atoms with Crippen molar-refractivity contribution in [2.24, 2.45) is 7.05 Å². The molecule has 1 aromatic heterocycles. The highest BCUT2D eigenvalue weighted by atomic mass is 19.1. The third-order valence-electron chi connectivity index (χ3n) is 3.98. The van der Waals surface area contributed by atoms with E-state index in [1.165, 1.54) is 17.7 Å². The van der Waals surface area contributed by atoms with E-state index in [0.717, 1.165) is 17.7 Å². The van der Waals surface area contributed by atoms with Gasteiger partial charge in [-0.15, -0.1) is 0 Å². The molecule has 28 heavy (non-hydrogen) atoms. The van der Waals surface area contributed by atoms with Crippen LogP contribution in [0, 0.1) is 11.6 Å². The number of benzene rings is 2. The third kappa shape index (κ3) is 4.40. The van der Waals surface area contributed by atoms with E-state index >= 15 is 0 Å². The van der Waals surface area contributed by atoms with Crippen LogP contribution in [0.4, 0.5) is 14.5 Å². The highest BCUT2D eigenvalue weighted by Gasteiger charge is 2.17. The molecular formula is C20H17F2N3O3. The van der Waals surface area contributed by atoms with Crippen molar-refractivity contribution in [3.05, 3.63) is 76.6 Å². The molecule has 0 aliphatic heterocycles. The van der Waals surface area contributed by atoms with E-state index in [4.69, 9.17) is 4.74 Å². The summed E-state index contributed by atoms with van der Waals surface area (Å²) in [5, 5.41) is 6.81. The number of carbonyl (C=O) groups excluding carboxylic acids is 1. The molecule has 144 valence electrons. The van der Waals surface area contributed by atoms with Gasteiger partial charge in [-0.25, -0.2) is 13.5 Å². The van der Waals surface area contributed by atoms with E-state index in [1.54, 1.807) is 37.4 Å². The van der Waals surface area contributed by atoms with Crippen LogP contribution in [0.25, 0.3) is 11.3 Å². The van der Waals surface area contributed by atoms with Crippen LogP contribution in [0.1, 0.15) is 6.92 Å². The highest BCUT2D eigenvalue weighted by Crippen LogP contribution is 2.21. The van der Waals surface area contributed by atoms with Gasteiger partial charge in [-0.05, 0) is 37.3 Å². The minimum atomic E-state index is -0.995. The van der Waals surface area contributed by atoms with Gasteiger partial charge < -0.3 is 10.1 Å². The van der Waals surface area contributed by atoms with E-state index in [1.807, 2.05) is 0 Å². The van der Waals surface area contributed by atoms with Gasteiger partial charge in [0.25, 0.3) is 11.5 Å². The molecule has 0 saturated carbocycles. The highest BCUT2D eigenvalue weighted by molar-refractivity contribution is 5.94. The van der Waals surface area contributed by atoms with Gasteiger partial charge in [-0.2, -0.15) is 5.10 Å². The smallest absolute Gasteiger partial charge is 0.266 e. The topological polar surface area (TPSA) is 73.2 Å². The first-order valence-corrected chi connectivity index (χ1v) is 8.41. The zero-order valence-electron chi connectivity index (χ0n) is 15.1. The number of nitrogens with one attached hydrogen (secondary N) is 1. The van der Waals surface area contributed by atoms with Crippen LogP contribution in [-0.4, -0.2) is 21.8 Å². The Labute approximate surface area is 159 Å². The number of ether oxygens (including phenoxy) is 1. The van der Waals surface area contributed by atoms with Crippen molar-refractivity contribution in [2.45, 2.75) is 13.0 Å². The lowest BCUT2D eigenvalue weighted by atomic mass is 10.1. The third-order valence-corrected chi connectivity index (χ3v) is 3.98. The van der Waals surface area contributed by atoms with Crippen LogP contribution < -0.4 is 15.6 Å². The molecule has 8 heteroatoms. The van der Waals surface area contributed by atoms with Crippen LogP contribution in [0.3, 0.4) is 0 Å². The molecule has 0 radical (unpaired) electrons. The van der Waals surface area contributed by atoms with E-state index in [-0.39, 0.29) is 11.3 Å². The van der Waals surface area contributed by atoms with Crippen molar-refractivity contribution in [2.75, 3.05) is 5.32 Å². The Morgan fingerprint density at radius 3 is 2.46 bits per heavy atom. The molecular weight excluding hydrogens is 368 g/mol. The number of rotatable bonds is 5. The summed E-state index contributed by atoms with van der Waals surface area (Å²) < 4.78 is 33.1. The number of carbonyl (C=O) groups is 1. The summed E-state index contributed by atoms with van der Waals surface area (Å²) in [6.07, 6.45) is -0.995. The van der Waals surface area contributed by atoms with Gasteiger partial charge in [0.2, 0.25) is 0 Å². The quantitative estimate of drug-likeness (QED) is 0.732. The molecule has 0 aliphatic carbocycles. The van der Waals surface area contributed by atoms with Gasteiger partial charge in [0.1, 0.15) is 5.82 Å². The lowest BCUT2D eigenvalue weighted by Gasteiger charge is -2.15. The van der Waals surface area contributed by atoms with Crippen molar-refractivity contribution in [1.82, 2.24) is 9.78 Å². The molecule has 0 aliphatic rings. The van der Waals surface area contributed by atoms with Gasteiger partial charge >= 0.3 is 0 Å². The van der Waals surface area contributed by atoms with Crippen LogP contribution in [0.5, 0.6) is 5.75 Å². The maximum absolute atomic E-state index is 13.6. The molecule has 0 bridgehead atoms. The zero-order chi connectivity index (χ0) is 20.3. The number of hydrogen-bond donors (Lipinski definition) is 1. The van der Waals surface area contributed by atoms with Gasteiger partial charge in [-0.3, -0.25) is 9.59 Å². The van der Waals surface area contributed by atoms with Crippen molar-refractivity contribution in [1.29, 1.82) is 0 Å². The molecule has 6 nitrogen and oxygen atoms in total. The second-order valence-corrected chi connectivity index (χ2v) is 6.08. The minimum Gasteiger partial charge on any atom is -0.478 e. The molecule has 1 atom stereocenters. The molecule has 1 N–H and O–H groups in total. The summed E-state index contributed by atoms with van der Waals surface area (Å²) in [4.78, 5) is 23.7. The molecule has 3 aromatic rings. The first-order chi connectivity index (χ1) is 13.3. The summed E-state index contributed by atoms with van der Waals surface area (Å²) in [5.74, 6) is -2.30. The average molecular weight is 385 g/mol. The largest absolute Gasteiger partial charge is 0.478 e. The van der Waals surface area contributed by atoms with Crippen LogP contribution in [-0.2, 0) is 11.8 Å². The lowest BCUT2D eigenvalue weighted by molar-refractivity contribution is -0.122. The van der Waals surface area contributed by atoms with Gasteiger partial charge in [-0.1, -0.05) is 12.1 Å². The van der Waals surface area contributed by atoms with Gasteiger partial charge in [0.15, 0.2) is 17.7 Å². The van der Waals surface area contributed by atoms with E-state index in [9.17, 15) is 18.4 Å². The summed E-state index contributed by atoms with van der Waals surface area (Å²) in [6.45, 7) is 1.46. The van der Waals surface area contributed by atoms with E-state index in [0.29, 0.717) is 17.4 Å². The van der Waals surface area contributed by atoms with E-state index < -0.39 is 23.6 Å². The maximum Gasteiger partial charge on any atom is 0.266 e. The molecule has 0 fully saturated rings. The van der Waals surface area contributed by atoms with Gasteiger partial charge in [0, 0.05) is 30.4 Å². The Balaban J connectivity index is 1.66. The molecule has 3 rings (SSSR count).